The van der Waals surface area contributed by atoms with E-state index in [4.69, 9.17) is 9.47 Å². The Hall–Kier alpha value is -3.06. The number of halogens is 1. The van der Waals surface area contributed by atoms with Crippen molar-refractivity contribution in [3.63, 3.8) is 0 Å². The Bertz CT molecular complexity index is 1440. The molecule has 1 aromatic heterocycles. The van der Waals surface area contributed by atoms with Crippen molar-refractivity contribution in [1.82, 2.24) is 9.88 Å². The summed E-state index contributed by atoms with van der Waals surface area (Å²) in [5.41, 5.74) is 3.02. The molecule has 0 saturated heterocycles. The Balaban J connectivity index is 1.65. The molecule has 1 unspecified atom stereocenters. The van der Waals surface area contributed by atoms with Crippen molar-refractivity contribution in [1.29, 1.82) is 0 Å². The molecule has 1 aliphatic carbocycles. The van der Waals surface area contributed by atoms with Gasteiger partial charge in [0.05, 0.1) is 18.9 Å². The summed E-state index contributed by atoms with van der Waals surface area (Å²) in [6, 6.07) is 14.7. The monoisotopic (exact) mass is 596 g/mol. The van der Waals surface area contributed by atoms with E-state index in [0.717, 1.165) is 36.7 Å². The Morgan fingerprint density at radius 1 is 1.12 bits per heavy atom. The lowest BCUT2D eigenvalue weighted by molar-refractivity contribution is 0.0732. The molecular formula is C33H42FN2O5P. The minimum absolute atomic E-state index is 0.0706. The Morgan fingerprint density at radius 3 is 2.45 bits per heavy atom. The first-order valence-corrected chi connectivity index (χ1v) is 16.9. The number of carbonyl (C=O) groups excluding carboxylic acids is 1. The zero-order valence-electron chi connectivity index (χ0n) is 25.3. The molecule has 3 aromatic rings. The molecule has 1 saturated carbocycles. The average Bonchev–Trinajstić information content (AvgIpc) is 3.77. The lowest BCUT2D eigenvalue weighted by atomic mass is 9.94. The molecule has 7 nitrogen and oxygen atoms in total. The van der Waals surface area contributed by atoms with Crippen LogP contribution in [0.15, 0.2) is 54.7 Å². The highest BCUT2D eigenvalue weighted by molar-refractivity contribution is 7.57. The van der Waals surface area contributed by atoms with Gasteiger partial charge < -0.3 is 14.4 Å². The molecule has 4 rings (SSSR count). The molecule has 0 aliphatic heterocycles. The second-order valence-electron chi connectivity index (χ2n) is 11.9. The van der Waals surface area contributed by atoms with Gasteiger partial charge in [0.15, 0.2) is 7.37 Å². The van der Waals surface area contributed by atoms with E-state index in [1.807, 2.05) is 12.1 Å². The third-order valence-corrected chi connectivity index (χ3v) is 8.93. The summed E-state index contributed by atoms with van der Waals surface area (Å²) in [7, 11) is -1.75. The summed E-state index contributed by atoms with van der Waals surface area (Å²) in [5.74, 6) is 0.0190. The van der Waals surface area contributed by atoms with Gasteiger partial charge in [-0.2, -0.15) is 0 Å². The van der Waals surface area contributed by atoms with E-state index >= 15 is 0 Å². The molecular weight excluding hydrogens is 554 g/mol. The summed E-state index contributed by atoms with van der Waals surface area (Å²) in [6.45, 7) is 10.7. The smallest absolute Gasteiger partial charge is 0.343 e. The van der Waals surface area contributed by atoms with Crippen LogP contribution in [-0.4, -0.2) is 59.3 Å². The molecule has 9 heteroatoms. The number of hydrogen-bond acceptors (Lipinski definition) is 6. The van der Waals surface area contributed by atoms with Gasteiger partial charge >= 0.3 is 5.97 Å². The summed E-state index contributed by atoms with van der Waals surface area (Å²) in [5, 5.41) is 0. The standard InChI is InChI=1S/C33H42FN2O5P/c1-21(2)36(22(3)4)15-14-26-16-25(28-18-32(40-5)35-19-30(28)34)12-13-31(26)41-33(37)27-9-7-8-24(17-27)29(23-10-11-23)20-42(6,38)39/h7-9,12-13,16-19,21-23,29H,10-11,14-15,20H2,1-6H3,(H,38,39)/t29-/m0/s1. The molecule has 0 amide bonds. The molecule has 1 N–H and O–H groups in total. The van der Waals surface area contributed by atoms with Crippen LogP contribution in [0.5, 0.6) is 11.6 Å². The minimum atomic E-state index is -3.23. The summed E-state index contributed by atoms with van der Waals surface area (Å²) in [6.07, 6.45) is 3.95. The molecule has 1 heterocycles. The fraction of sp³-hybridized carbons (Fsp3) is 0.455. The molecule has 2 aromatic carbocycles. The zero-order chi connectivity index (χ0) is 30.6. The van der Waals surface area contributed by atoms with Crippen LogP contribution in [0.3, 0.4) is 0 Å². The van der Waals surface area contributed by atoms with E-state index in [-0.39, 0.29) is 12.1 Å². The Kier molecular flexibility index (Phi) is 10.2. The maximum atomic E-state index is 14.8. The van der Waals surface area contributed by atoms with E-state index in [2.05, 4.69) is 37.6 Å². The van der Waals surface area contributed by atoms with Crippen molar-refractivity contribution in [3.05, 3.63) is 77.2 Å². The van der Waals surface area contributed by atoms with E-state index in [9.17, 15) is 18.6 Å². The van der Waals surface area contributed by atoms with Crippen molar-refractivity contribution in [2.45, 2.75) is 65.0 Å². The minimum Gasteiger partial charge on any atom is -0.481 e. The van der Waals surface area contributed by atoms with Crippen LogP contribution in [-0.2, 0) is 11.0 Å². The van der Waals surface area contributed by atoms with E-state index in [0.29, 0.717) is 52.7 Å². The molecule has 1 aliphatic rings. The Labute approximate surface area is 248 Å². The molecule has 2 atom stereocenters. The van der Waals surface area contributed by atoms with Crippen molar-refractivity contribution in [3.8, 4) is 22.8 Å². The molecule has 0 spiro atoms. The maximum absolute atomic E-state index is 14.8. The molecule has 1 fully saturated rings. The number of benzene rings is 2. The highest BCUT2D eigenvalue weighted by Crippen LogP contribution is 2.50. The topological polar surface area (TPSA) is 89.0 Å². The van der Waals surface area contributed by atoms with E-state index in [1.54, 1.807) is 36.4 Å². The van der Waals surface area contributed by atoms with Gasteiger partial charge in [0.2, 0.25) is 5.88 Å². The molecule has 0 bridgehead atoms. The first-order valence-electron chi connectivity index (χ1n) is 14.6. The fourth-order valence-corrected chi connectivity index (χ4v) is 6.84. The number of hydrogen-bond donors (Lipinski definition) is 1. The van der Waals surface area contributed by atoms with Crippen LogP contribution in [0, 0.1) is 11.7 Å². The number of methoxy groups -OCH3 is 1. The summed E-state index contributed by atoms with van der Waals surface area (Å²) >= 11 is 0. The highest BCUT2D eigenvalue weighted by Gasteiger charge is 2.35. The number of nitrogens with zero attached hydrogens (tertiary/aromatic N) is 2. The second-order valence-corrected chi connectivity index (χ2v) is 14.4. The molecule has 42 heavy (non-hydrogen) atoms. The average molecular weight is 597 g/mol. The number of carbonyl (C=O) groups is 1. The maximum Gasteiger partial charge on any atom is 0.343 e. The van der Waals surface area contributed by atoms with Crippen LogP contribution in [0.25, 0.3) is 11.1 Å². The van der Waals surface area contributed by atoms with Crippen LogP contribution < -0.4 is 9.47 Å². The predicted octanol–water partition coefficient (Wildman–Crippen LogP) is 7.17. The van der Waals surface area contributed by atoms with Crippen molar-refractivity contribution >= 4 is 13.3 Å². The van der Waals surface area contributed by atoms with Gasteiger partial charge in [0.25, 0.3) is 0 Å². The quantitative estimate of drug-likeness (QED) is 0.127. The molecule has 0 radical (unpaired) electrons. The van der Waals surface area contributed by atoms with Crippen LogP contribution in [0.2, 0.25) is 0 Å². The van der Waals surface area contributed by atoms with Crippen molar-refractivity contribution < 1.29 is 28.1 Å². The van der Waals surface area contributed by atoms with E-state index < -0.39 is 19.2 Å². The normalized spacial score (nSPS) is 15.6. The first-order chi connectivity index (χ1) is 19.9. The SMILES string of the molecule is COc1cc(-c2ccc(OC(=O)c3cccc([C@@H](CP(C)(=O)O)C4CC4)c3)c(CCN(C(C)C)C(C)C)c2)c(F)cn1. The largest absolute Gasteiger partial charge is 0.481 e. The Morgan fingerprint density at radius 2 is 1.83 bits per heavy atom. The van der Waals surface area contributed by atoms with Crippen molar-refractivity contribution in [2.24, 2.45) is 5.92 Å². The van der Waals surface area contributed by atoms with Gasteiger partial charge in [-0.1, -0.05) is 18.2 Å². The summed E-state index contributed by atoms with van der Waals surface area (Å²) in [4.78, 5) is 29.8. The van der Waals surface area contributed by atoms with Crippen LogP contribution in [0.1, 0.15) is 67.9 Å². The number of rotatable bonds is 13. The number of esters is 1. The number of ether oxygens (including phenoxy) is 2. The third-order valence-electron chi connectivity index (χ3n) is 7.86. The van der Waals surface area contributed by atoms with Crippen LogP contribution >= 0.6 is 7.37 Å². The summed E-state index contributed by atoms with van der Waals surface area (Å²) < 4.78 is 38.2. The van der Waals surface area contributed by atoms with Gasteiger partial charge in [-0.25, -0.2) is 14.2 Å². The van der Waals surface area contributed by atoms with Gasteiger partial charge in [0, 0.05) is 43.1 Å². The lowest BCUT2D eigenvalue weighted by Gasteiger charge is -2.30. The second kappa shape index (κ2) is 13.5. The third kappa shape index (κ3) is 8.27. The first kappa shape index (κ1) is 31.9. The van der Waals surface area contributed by atoms with Gasteiger partial charge in [-0.3, -0.25) is 9.46 Å². The fourth-order valence-electron chi connectivity index (χ4n) is 5.60. The van der Waals surface area contributed by atoms with Gasteiger partial charge in [0.1, 0.15) is 11.6 Å². The van der Waals surface area contributed by atoms with Crippen LogP contribution in [0.4, 0.5) is 4.39 Å². The highest BCUT2D eigenvalue weighted by atomic mass is 31.2. The number of pyridine rings is 1. The van der Waals surface area contributed by atoms with Gasteiger partial charge in [-0.05, 0) is 99.7 Å². The van der Waals surface area contributed by atoms with Gasteiger partial charge in [-0.15, -0.1) is 0 Å². The van der Waals surface area contributed by atoms with Crippen molar-refractivity contribution in [2.75, 3.05) is 26.5 Å². The molecule has 226 valence electrons. The lowest BCUT2D eigenvalue weighted by Crippen LogP contribution is -2.38. The zero-order valence-corrected chi connectivity index (χ0v) is 26.2. The predicted molar refractivity (Wildman–Crippen MR) is 164 cm³/mol. The number of aromatic nitrogens is 1. The van der Waals surface area contributed by atoms with E-state index in [1.165, 1.54) is 13.8 Å².